The Bertz CT molecular complexity index is 255. The molecule has 0 aromatic carbocycles. The Morgan fingerprint density at radius 1 is 1.20 bits per heavy atom. The lowest BCUT2D eigenvalue weighted by Gasteiger charge is -2.12. The number of carbonyl (C=O) groups excluding carboxylic acids is 3. The summed E-state index contributed by atoms with van der Waals surface area (Å²) >= 11 is 0. The smallest absolute Gasteiger partial charge is 0.316 e. The van der Waals surface area contributed by atoms with Crippen molar-refractivity contribution in [3.8, 4) is 0 Å². The van der Waals surface area contributed by atoms with Gasteiger partial charge in [-0.15, -0.1) is 0 Å². The molecule has 0 saturated carbocycles. The van der Waals surface area contributed by atoms with Crippen molar-refractivity contribution in [2.24, 2.45) is 11.8 Å². The second kappa shape index (κ2) is 6.32. The van der Waals surface area contributed by atoms with Crippen LogP contribution in [-0.4, -0.2) is 24.1 Å². The standard InChI is InChI=1S/C11H18O4/c1-5-15-11(14)9(8(4)12)6-10(13)7(2)3/h7,9H,5-6H2,1-4H3/t9-/m1/s1. The van der Waals surface area contributed by atoms with Gasteiger partial charge in [0.1, 0.15) is 17.5 Å². The van der Waals surface area contributed by atoms with Crippen LogP contribution < -0.4 is 0 Å². The maximum absolute atomic E-state index is 11.4. The van der Waals surface area contributed by atoms with Crippen molar-refractivity contribution >= 4 is 17.5 Å². The first kappa shape index (κ1) is 13.8. The summed E-state index contributed by atoms with van der Waals surface area (Å²) in [6.07, 6.45) is -0.0498. The molecule has 0 aliphatic rings. The molecule has 0 saturated heterocycles. The molecule has 0 spiro atoms. The van der Waals surface area contributed by atoms with E-state index in [-0.39, 0.29) is 30.5 Å². The average Bonchev–Trinajstić information content (AvgIpc) is 2.13. The third-order valence-electron chi connectivity index (χ3n) is 2.11. The van der Waals surface area contributed by atoms with Crippen LogP contribution in [0.15, 0.2) is 0 Å². The van der Waals surface area contributed by atoms with E-state index in [1.54, 1.807) is 20.8 Å². The SMILES string of the molecule is CCOC(=O)[C@H](CC(=O)C(C)C)C(C)=O. The summed E-state index contributed by atoms with van der Waals surface area (Å²) in [7, 11) is 0. The number of carbonyl (C=O) groups is 3. The first-order chi connectivity index (χ1) is 6.90. The average molecular weight is 214 g/mol. The topological polar surface area (TPSA) is 60.4 Å². The van der Waals surface area contributed by atoms with Crippen LogP contribution >= 0.6 is 0 Å². The predicted molar refractivity (Wildman–Crippen MR) is 55.3 cm³/mol. The third kappa shape index (κ3) is 4.72. The van der Waals surface area contributed by atoms with Crippen LogP contribution in [-0.2, 0) is 19.1 Å². The minimum Gasteiger partial charge on any atom is -0.465 e. The maximum Gasteiger partial charge on any atom is 0.316 e. The van der Waals surface area contributed by atoms with Crippen LogP contribution in [0.4, 0.5) is 0 Å². The lowest BCUT2D eigenvalue weighted by Crippen LogP contribution is -2.28. The molecule has 86 valence electrons. The molecule has 0 aliphatic carbocycles. The van der Waals surface area contributed by atoms with Crippen molar-refractivity contribution in [3.63, 3.8) is 0 Å². The molecule has 0 amide bonds. The van der Waals surface area contributed by atoms with E-state index >= 15 is 0 Å². The highest BCUT2D eigenvalue weighted by Crippen LogP contribution is 2.12. The van der Waals surface area contributed by atoms with E-state index in [9.17, 15) is 14.4 Å². The second-order valence-corrected chi connectivity index (χ2v) is 3.74. The van der Waals surface area contributed by atoms with E-state index < -0.39 is 11.9 Å². The molecule has 4 nitrogen and oxygen atoms in total. The van der Waals surface area contributed by atoms with Crippen LogP contribution in [0, 0.1) is 11.8 Å². The van der Waals surface area contributed by atoms with Gasteiger partial charge in [0.2, 0.25) is 0 Å². The highest BCUT2D eigenvalue weighted by atomic mass is 16.5. The molecule has 0 fully saturated rings. The van der Waals surface area contributed by atoms with Gasteiger partial charge in [-0.05, 0) is 13.8 Å². The summed E-state index contributed by atoms with van der Waals surface area (Å²) < 4.78 is 4.73. The number of ether oxygens (including phenoxy) is 1. The summed E-state index contributed by atoms with van der Waals surface area (Å²) in [6.45, 7) is 6.67. The number of rotatable bonds is 6. The van der Waals surface area contributed by atoms with Gasteiger partial charge >= 0.3 is 5.97 Å². The molecule has 0 bridgehead atoms. The Labute approximate surface area is 90.0 Å². The molecule has 0 aromatic rings. The van der Waals surface area contributed by atoms with Gasteiger partial charge in [-0.3, -0.25) is 14.4 Å². The Balaban J connectivity index is 4.48. The number of ketones is 2. The van der Waals surface area contributed by atoms with Gasteiger partial charge in [0.25, 0.3) is 0 Å². The summed E-state index contributed by atoms with van der Waals surface area (Å²) in [4.78, 5) is 33.9. The molecular weight excluding hydrogens is 196 g/mol. The van der Waals surface area contributed by atoms with Crippen LogP contribution in [0.5, 0.6) is 0 Å². The number of hydrogen-bond acceptors (Lipinski definition) is 4. The minimum atomic E-state index is -0.931. The Morgan fingerprint density at radius 2 is 1.73 bits per heavy atom. The molecule has 0 rings (SSSR count). The minimum absolute atomic E-state index is 0.0498. The number of Topliss-reactive ketones (excluding diaryl/α,β-unsaturated/α-hetero) is 2. The molecule has 15 heavy (non-hydrogen) atoms. The summed E-state index contributed by atoms with van der Waals surface area (Å²) in [6, 6.07) is 0. The predicted octanol–water partition coefficient (Wildman–Crippen LogP) is 1.37. The largest absolute Gasteiger partial charge is 0.465 e. The van der Waals surface area contributed by atoms with Gasteiger partial charge < -0.3 is 4.74 Å². The van der Waals surface area contributed by atoms with Gasteiger partial charge in [-0.2, -0.15) is 0 Å². The van der Waals surface area contributed by atoms with E-state index in [0.29, 0.717) is 0 Å². The first-order valence-electron chi connectivity index (χ1n) is 5.09. The summed E-state index contributed by atoms with van der Waals surface area (Å²) in [5, 5.41) is 0. The maximum atomic E-state index is 11.4. The summed E-state index contributed by atoms with van der Waals surface area (Å²) in [5.41, 5.74) is 0. The molecule has 0 heterocycles. The van der Waals surface area contributed by atoms with Gasteiger partial charge in [-0.1, -0.05) is 13.8 Å². The fourth-order valence-corrected chi connectivity index (χ4v) is 1.07. The molecule has 0 aromatic heterocycles. The van der Waals surface area contributed by atoms with Crippen LogP contribution in [0.25, 0.3) is 0 Å². The van der Waals surface area contributed by atoms with Crippen LogP contribution in [0.1, 0.15) is 34.1 Å². The van der Waals surface area contributed by atoms with Crippen molar-refractivity contribution in [2.75, 3.05) is 6.61 Å². The molecule has 0 aliphatic heterocycles. The van der Waals surface area contributed by atoms with E-state index in [1.165, 1.54) is 6.92 Å². The van der Waals surface area contributed by atoms with Crippen molar-refractivity contribution < 1.29 is 19.1 Å². The normalized spacial score (nSPS) is 12.3. The zero-order chi connectivity index (χ0) is 12.0. The Hall–Kier alpha value is -1.19. The van der Waals surface area contributed by atoms with Crippen molar-refractivity contribution in [3.05, 3.63) is 0 Å². The van der Waals surface area contributed by atoms with Crippen LogP contribution in [0.2, 0.25) is 0 Å². The fourth-order valence-electron chi connectivity index (χ4n) is 1.07. The van der Waals surface area contributed by atoms with Gasteiger partial charge in [0, 0.05) is 12.3 Å². The summed E-state index contributed by atoms with van der Waals surface area (Å²) in [5.74, 6) is -2.11. The fraction of sp³-hybridized carbons (Fsp3) is 0.727. The van der Waals surface area contributed by atoms with Crippen molar-refractivity contribution in [1.82, 2.24) is 0 Å². The number of hydrogen-bond donors (Lipinski definition) is 0. The van der Waals surface area contributed by atoms with E-state index in [2.05, 4.69) is 0 Å². The molecule has 0 N–H and O–H groups in total. The molecule has 4 heteroatoms. The zero-order valence-corrected chi connectivity index (χ0v) is 9.70. The lowest BCUT2D eigenvalue weighted by atomic mass is 9.94. The zero-order valence-electron chi connectivity index (χ0n) is 9.70. The van der Waals surface area contributed by atoms with Crippen molar-refractivity contribution in [2.45, 2.75) is 34.1 Å². The van der Waals surface area contributed by atoms with E-state index in [4.69, 9.17) is 4.74 Å². The Morgan fingerprint density at radius 3 is 2.07 bits per heavy atom. The van der Waals surface area contributed by atoms with Gasteiger partial charge in [0.15, 0.2) is 0 Å². The van der Waals surface area contributed by atoms with E-state index in [0.717, 1.165) is 0 Å². The van der Waals surface area contributed by atoms with Crippen LogP contribution in [0.3, 0.4) is 0 Å². The highest BCUT2D eigenvalue weighted by Gasteiger charge is 2.28. The molecule has 1 atom stereocenters. The molecular formula is C11H18O4. The second-order valence-electron chi connectivity index (χ2n) is 3.74. The first-order valence-corrected chi connectivity index (χ1v) is 5.09. The van der Waals surface area contributed by atoms with Crippen molar-refractivity contribution in [1.29, 1.82) is 0 Å². The lowest BCUT2D eigenvalue weighted by molar-refractivity contribution is -0.153. The third-order valence-corrected chi connectivity index (χ3v) is 2.11. The molecule has 0 unspecified atom stereocenters. The van der Waals surface area contributed by atoms with Gasteiger partial charge in [-0.25, -0.2) is 0 Å². The quantitative estimate of drug-likeness (QED) is 0.495. The van der Waals surface area contributed by atoms with Gasteiger partial charge in [0.05, 0.1) is 6.61 Å². The van der Waals surface area contributed by atoms with E-state index in [1.807, 2.05) is 0 Å². The molecule has 0 radical (unpaired) electrons. The Kier molecular flexibility index (Phi) is 5.82. The number of esters is 1. The monoisotopic (exact) mass is 214 g/mol. The highest BCUT2D eigenvalue weighted by molar-refractivity contribution is 6.01.